The van der Waals surface area contributed by atoms with Gasteiger partial charge in [0.1, 0.15) is 17.7 Å². The van der Waals surface area contributed by atoms with Crippen LogP contribution in [0, 0.1) is 28.6 Å². The lowest BCUT2D eigenvalue weighted by molar-refractivity contribution is 0.288. The summed E-state index contributed by atoms with van der Waals surface area (Å²) in [6, 6.07) is 9.84. The number of nitrogens with one attached hydrogen (secondary N) is 1. The summed E-state index contributed by atoms with van der Waals surface area (Å²) in [5.41, 5.74) is 0.433. The summed E-state index contributed by atoms with van der Waals surface area (Å²) in [5.74, 6) is 0.551. The van der Waals surface area contributed by atoms with Gasteiger partial charge in [0.2, 0.25) is 10.0 Å². The Hall–Kier alpha value is -2.35. The maximum atomic E-state index is 12.7. The standard InChI is InChI=1S/C16H18N4O2S/c1-13-5-7-20(8-6-13)23(21,22)16-4-2-3-15(9-16)19-12-14(10-17)11-18/h2-4,9,12-13,19H,5-8H2,1H3. The third-order valence-electron chi connectivity index (χ3n) is 3.84. The molecule has 1 fully saturated rings. The molecule has 0 saturated carbocycles. The van der Waals surface area contributed by atoms with E-state index in [1.807, 2.05) is 0 Å². The molecule has 0 aliphatic carbocycles. The fraction of sp³-hybridized carbons (Fsp3) is 0.375. The van der Waals surface area contributed by atoms with Crippen molar-refractivity contribution in [2.24, 2.45) is 5.92 Å². The van der Waals surface area contributed by atoms with Crippen LogP contribution in [0.2, 0.25) is 0 Å². The molecule has 1 saturated heterocycles. The van der Waals surface area contributed by atoms with Gasteiger partial charge in [-0.25, -0.2) is 8.42 Å². The van der Waals surface area contributed by atoms with Gasteiger partial charge in [-0.3, -0.25) is 0 Å². The van der Waals surface area contributed by atoms with Crippen molar-refractivity contribution in [2.75, 3.05) is 18.4 Å². The molecular formula is C16H18N4O2S. The van der Waals surface area contributed by atoms with Crippen LogP contribution in [0.25, 0.3) is 0 Å². The molecule has 120 valence electrons. The first-order chi connectivity index (χ1) is 11.0. The molecule has 2 rings (SSSR count). The normalized spacial score (nSPS) is 16.1. The van der Waals surface area contributed by atoms with Crippen molar-refractivity contribution < 1.29 is 8.42 Å². The summed E-state index contributed by atoms with van der Waals surface area (Å²) in [6.45, 7) is 3.20. The van der Waals surface area contributed by atoms with Crippen molar-refractivity contribution in [2.45, 2.75) is 24.7 Å². The second-order valence-electron chi connectivity index (χ2n) is 5.54. The van der Waals surface area contributed by atoms with E-state index in [0.717, 1.165) is 12.8 Å². The Bertz CT molecular complexity index is 763. The molecule has 1 aliphatic rings. The van der Waals surface area contributed by atoms with E-state index in [9.17, 15) is 8.42 Å². The molecule has 0 spiro atoms. The number of sulfonamides is 1. The summed E-state index contributed by atoms with van der Waals surface area (Å²) in [7, 11) is -3.52. The van der Waals surface area contributed by atoms with Crippen molar-refractivity contribution >= 4 is 15.7 Å². The van der Waals surface area contributed by atoms with Crippen LogP contribution in [0.1, 0.15) is 19.8 Å². The largest absolute Gasteiger partial charge is 0.360 e. The lowest BCUT2D eigenvalue weighted by Crippen LogP contribution is -2.37. The molecule has 0 amide bonds. The maximum absolute atomic E-state index is 12.7. The zero-order valence-electron chi connectivity index (χ0n) is 12.9. The number of rotatable bonds is 4. The molecule has 6 nitrogen and oxygen atoms in total. The SMILES string of the molecule is CC1CCN(S(=O)(=O)c2cccc(NC=C(C#N)C#N)c2)CC1. The first-order valence-corrected chi connectivity index (χ1v) is 8.78. The van der Waals surface area contributed by atoms with E-state index >= 15 is 0 Å². The minimum absolute atomic E-state index is 0.0803. The van der Waals surface area contributed by atoms with Crippen molar-refractivity contribution in [3.8, 4) is 12.1 Å². The van der Waals surface area contributed by atoms with Gasteiger partial charge < -0.3 is 5.32 Å². The Morgan fingerprint density at radius 1 is 1.30 bits per heavy atom. The van der Waals surface area contributed by atoms with Gasteiger partial charge in [0.25, 0.3) is 0 Å². The molecule has 0 unspecified atom stereocenters. The van der Waals surface area contributed by atoms with Crippen LogP contribution in [0.15, 0.2) is 40.9 Å². The Morgan fingerprint density at radius 3 is 2.57 bits per heavy atom. The number of allylic oxidation sites excluding steroid dienone is 1. The van der Waals surface area contributed by atoms with E-state index in [4.69, 9.17) is 10.5 Å². The number of nitriles is 2. The van der Waals surface area contributed by atoms with Crippen LogP contribution in [0.3, 0.4) is 0 Å². The summed E-state index contributed by atoms with van der Waals surface area (Å²) < 4.78 is 26.9. The van der Waals surface area contributed by atoms with E-state index in [2.05, 4.69) is 12.2 Å². The average molecular weight is 330 g/mol. The molecule has 1 N–H and O–H groups in total. The fourth-order valence-electron chi connectivity index (χ4n) is 2.37. The van der Waals surface area contributed by atoms with E-state index < -0.39 is 10.0 Å². The number of nitrogens with zero attached hydrogens (tertiary/aromatic N) is 3. The molecular weight excluding hydrogens is 312 g/mol. The zero-order chi connectivity index (χ0) is 16.9. The van der Waals surface area contributed by atoms with E-state index in [-0.39, 0.29) is 10.5 Å². The number of benzene rings is 1. The van der Waals surface area contributed by atoms with Crippen LogP contribution >= 0.6 is 0 Å². The van der Waals surface area contributed by atoms with Crippen molar-refractivity contribution in [1.82, 2.24) is 4.31 Å². The van der Waals surface area contributed by atoms with Gasteiger partial charge in [0.15, 0.2) is 0 Å². The Labute approximate surface area is 136 Å². The second-order valence-corrected chi connectivity index (χ2v) is 7.48. The molecule has 7 heteroatoms. The Morgan fingerprint density at radius 2 is 1.96 bits per heavy atom. The summed E-state index contributed by atoms with van der Waals surface area (Å²) in [6.07, 6.45) is 3.00. The summed E-state index contributed by atoms with van der Waals surface area (Å²) >= 11 is 0. The highest BCUT2D eigenvalue weighted by atomic mass is 32.2. The van der Waals surface area contributed by atoms with Crippen LogP contribution in [-0.4, -0.2) is 25.8 Å². The van der Waals surface area contributed by atoms with E-state index in [1.54, 1.807) is 30.3 Å². The van der Waals surface area contributed by atoms with Crippen LogP contribution in [0.5, 0.6) is 0 Å². The predicted octanol–water partition coefficient (Wildman–Crippen LogP) is 2.45. The first-order valence-electron chi connectivity index (χ1n) is 7.34. The predicted molar refractivity (Wildman–Crippen MR) is 86.5 cm³/mol. The van der Waals surface area contributed by atoms with Crippen molar-refractivity contribution in [3.63, 3.8) is 0 Å². The summed E-state index contributed by atoms with van der Waals surface area (Å²) in [4.78, 5) is 0.209. The van der Waals surface area contributed by atoms with Crippen LogP contribution < -0.4 is 5.32 Å². The first kappa shape index (κ1) is 17.0. The quantitative estimate of drug-likeness (QED) is 0.855. The van der Waals surface area contributed by atoms with Gasteiger partial charge >= 0.3 is 0 Å². The smallest absolute Gasteiger partial charge is 0.243 e. The van der Waals surface area contributed by atoms with E-state index in [1.165, 1.54) is 16.6 Å². The van der Waals surface area contributed by atoms with Gasteiger partial charge in [-0.2, -0.15) is 14.8 Å². The molecule has 0 radical (unpaired) electrons. The summed E-state index contributed by atoms with van der Waals surface area (Å²) in [5, 5.41) is 20.2. The van der Waals surface area contributed by atoms with Gasteiger partial charge in [0.05, 0.1) is 4.90 Å². The van der Waals surface area contributed by atoms with E-state index in [0.29, 0.717) is 24.7 Å². The highest BCUT2D eigenvalue weighted by molar-refractivity contribution is 7.89. The molecule has 0 atom stereocenters. The maximum Gasteiger partial charge on any atom is 0.243 e. The Kier molecular flexibility index (Phi) is 5.38. The second kappa shape index (κ2) is 7.28. The molecule has 0 aromatic heterocycles. The molecule has 1 heterocycles. The fourth-order valence-corrected chi connectivity index (χ4v) is 3.88. The van der Waals surface area contributed by atoms with Crippen molar-refractivity contribution in [1.29, 1.82) is 10.5 Å². The van der Waals surface area contributed by atoms with Gasteiger partial charge in [-0.1, -0.05) is 13.0 Å². The third-order valence-corrected chi connectivity index (χ3v) is 5.73. The molecule has 1 aromatic rings. The molecule has 23 heavy (non-hydrogen) atoms. The van der Waals surface area contributed by atoms with Gasteiger partial charge in [-0.15, -0.1) is 0 Å². The minimum atomic E-state index is -3.52. The lowest BCUT2D eigenvalue weighted by Gasteiger charge is -2.29. The molecule has 0 bridgehead atoms. The number of piperidine rings is 1. The monoisotopic (exact) mass is 330 g/mol. The highest BCUT2D eigenvalue weighted by Gasteiger charge is 2.28. The van der Waals surface area contributed by atoms with Crippen molar-refractivity contribution in [3.05, 3.63) is 36.0 Å². The van der Waals surface area contributed by atoms with Crippen LogP contribution in [-0.2, 0) is 10.0 Å². The number of hydrogen-bond donors (Lipinski definition) is 1. The average Bonchev–Trinajstić information content (AvgIpc) is 2.56. The topological polar surface area (TPSA) is 97.0 Å². The molecule has 1 aliphatic heterocycles. The minimum Gasteiger partial charge on any atom is -0.360 e. The van der Waals surface area contributed by atoms with Gasteiger partial charge in [0, 0.05) is 25.0 Å². The Balaban J connectivity index is 2.21. The zero-order valence-corrected chi connectivity index (χ0v) is 13.7. The highest BCUT2D eigenvalue weighted by Crippen LogP contribution is 2.25. The number of hydrogen-bond acceptors (Lipinski definition) is 5. The molecule has 1 aromatic carbocycles. The number of anilines is 1. The third kappa shape index (κ3) is 4.10. The van der Waals surface area contributed by atoms with Crippen LogP contribution in [0.4, 0.5) is 5.69 Å². The lowest BCUT2D eigenvalue weighted by atomic mass is 10.0. The van der Waals surface area contributed by atoms with Gasteiger partial charge in [-0.05, 0) is 37.0 Å².